The van der Waals surface area contributed by atoms with Gasteiger partial charge in [-0.1, -0.05) is 53.5 Å². The smallest absolute Gasteiger partial charge is 0.332 e. The van der Waals surface area contributed by atoms with Crippen LogP contribution in [0.5, 0.6) is 0 Å². The van der Waals surface area contributed by atoms with E-state index in [1.165, 1.54) is 0 Å². The number of ketones is 1. The molecule has 0 amide bonds. The van der Waals surface area contributed by atoms with E-state index in [0.717, 1.165) is 25.7 Å². The molecule has 6 atom stereocenters. The molecule has 2 aliphatic rings. The molecule has 5 nitrogen and oxygen atoms in total. The molecule has 0 saturated heterocycles. The first-order valence-corrected chi connectivity index (χ1v) is 10.6. The Bertz CT molecular complexity index is 612. The highest BCUT2D eigenvalue weighted by atomic mass is 16.6. The lowest BCUT2D eigenvalue weighted by Crippen LogP contribution is -2.58. The summed E-state index contributed by atoms with van der Waals surface area (Å²) in [5, 5.41) is 20.6. The minimum atomic E-state index is -0.698. The lowest BCUT2D eigenvalue weighted by atomic mass is 9.50. The number of aliphatic hydroxyl groups excluding tert-OH is 2. The molecule has 2 fully saturated rings. The van der Waals surface area contributed by atoms with Crippen molar-refractivity contribution >= 4 is 11.8 Å². The number of rotatable bonds is 6. The Kier molecular flexibility index (Phi) is 6.82. The number of carbonyl (C=O) groups is 2. The summed E-state index contributed by atoms with van der Waals surface area (Å²) in [6.07, 6.45) is 4.98. The molecule has 2 rings (SSSR count). The molecule has 0 spiro atoms. The maximum atomic E-state index is 13.1. The molecule has 28 heavy (non-hydrogen) atoms. The van der Waals surface area contributed by atoms with Crippen LogP contribution in [0, 0.1) is 28.1 Å². The highest BCUT2D eigenvalue weighted by Crippen LogP contribution is 2.62. The maximum absolute atomic E-state index is 13.1. The summed E-state index contributed by atoms with van der Waals surface area (Å²) in [5.41, 5.74) is -1.59. The van der Waals surface area contributed by atoms with Gasteiger partial charge in [0.05, 0.1) is 6.10 Å². The van der Waals surface area contributed by atoms with Gasteiger partial charge in [0.1, 0.15) is 18.5 Å². The Morgan fingerprint density at radius 2 is 2.00 bits per heavy atom. The van der Waals surface area contributed by atoms with Crippen LogP contribution in [0.4, 0.5) is 0 Å². The topological polar surface area (TPSA) is 83.8 Å². The van der Waals surface area contributed by atoms with Gasteiger partial charge in [-0.3, -0.25) is 4.79 Å². The summed E-state index contributed by atoms with van der Waals surface area (Å²) in [5.74, 6) is -0.862. The van der Waals surface area contributed by atoms with Gasteiger partial charge in [0.2, 0.25) is 0 Å². The molecule has 160 valence electrons. The first kappa shape index (κ1) is 23.1. The number of hydrogen-bond acceptors (Lipinski definition) is 5. The second-order valence-electron chi connectivity index (χ2n) is 9.84. The van der Waals surface area contributed by atoms with E-state index in [-0.39, 0.29) is 23.0 Å². The van der Waals surface area contributed by atoms with Gasteiger partial charge in [-0.25, -0.2) is 4.79 Å². The average molecular weight is 395 g/mol. The van der Waals surface area contributed by atoms with Crippen molar-refractivity contribution in [2.45, 2.75) is 85.4 Å². The Hall–Kier alpha value is -1.20. The van der Waals surface area contributed by atoms with Crippen molar-refractivity contribution in [3.8, 4) is 0 Å². The fourth-order valence-corrected chi connectivity index (χ4v) is 6.06. The van der Waals surface area contributed by atoms with Gasteiger partial charge >= 0.3 is 5.97 Å². The summed E-state index contributed by atoms with van der Waals surface area (Å²) in [4.78, 5) is 25.1. The van der Waals surface area contributed by atoms with Crippen molar-refractivity contribution in [1.29, 1.82) is 0 Å². The van der Waals surface area contributed by atoms with Crippen LogP contribution in [0.2, 0.25) is 0 Å². The number of unbranched alkanes of at least 4 members (excludes halogenated alkanes) is 1. The molecule has 0 aromatic carbocycles. The van der Waals surface area contributed by atoms with Gasteiger partial charge in [-0.2, -0.15) is 0 Å². The average Bonchev–Trinajstić information content (AvgIpc) is 3.01. The summed E-state index contributed by atoms with van der Waals surface area (Å²) in [6.45, 7) is 13.4. The van der Waals surface area contributed by atoms with Gasteiger partial charge in [0.15, 0.2) is 0 Å². The van der Waals surface area contributed by atoms with Gasteiger partial charge in [-0.05, 0) is 30.6 Å². The van der Waals surface area contributed by atoms with Gasteiger partial charge in [0, 0.05) is 23.2 Å². The van der Waals surface area contributed by atoms with E-state index in [1.807, 2.05) is 20.8 Å². The maximum Gasteiger partial charge on any atom is 0.332 e. The fraction of sp³-hybridized carbons (Fsp3) is 0.826. The van der Waals surface area contributed by atoms with Crippen LogP contribution >= 0.6 is 0 Å². The van der Waals surface area contributed by atoms with Crippen LogP contribution in [0.3, 0.4) is 0 Å². The second-order valence-corrected chi connectivity index (χ2v) is 9.84. The van der Waals surface area contributed by atoms with E-state index in [9.17, 15) is 19.8 Å². The normalized spacial score (nSPS) is 40.3. The molecule has 0 bridgehead atoms. The highest BCUT2D eigenvalue weighted by molar-refractivity contribution is 5.85. The Balaban J connectivity index is 2.65. The molecular weight excluding hydrogens is 356 g/mol. The van der Waals surface area contributed by atoms with Crippen LogP contribution in [0.1, 0.15) is 73.1 Å². The molecule has 0 aromatic heterocycles. The zero-order chi connectivity index (χ0) is 21.3. The molecular formula is C23H38O5. The molecule has 0 unspecified atom stereocenters. The zero-order valence-corrected chi connectivity index (χ0v) is 18.2. The first-order valence-electron chi connectivity index (χ1n) is 10.6. The summed E-state index contributed by atoms with van der Waals surface area (Å²) >= 11 is 0. The number of Topliss-reactive ketones (excluding diaryl/α,β-unsaturated/α-hetero) is 1. The minimum absolute atomic E-state index is 0.0766. The Morgan fingerprint density at radius 1 is 1.36 bits per heavy atom. The summed E-state index contributed by atoms with van der Waals surface area (Å²) < 4.78 is 5.68. The van der Waals surface area contributed by atoms with Crippen LogP contribution in [0.15, 0.2) is 12.7 Å². The predicted octanol–water partition coefficient (Wildman–Crippen LogP) is 3.67. The molecule has 2 N–H and O–H groups in total. The first-order chi connectivity index (χ1) is 13.0. The molecule has 0 radical (unpaired) electrons. The number of carbonyl (C=O) groups excluding carboxylic acids is 2. The van der Waals surface area contributed by atoms with Crippen LogP contribution in [-0.4, -0.2) is 40.8 Å². The summed E-state index contributed by atoms with van der Waals surface area (Å²) in [6, 6.07) is 0. The second kappa shape index (κ2) is 8.27. The van der Waals surface area contributed by atoms with E-state index in [2.05, 4.69) is 20.4 Å². The number of esters is 1. The molecule has 0 aliphatic heterocycles. The molecule has 2 aliphatic carbocycles. The van der Waals surface area contributed by atoms with Gasteiger partial charge < -0.3 is 14.9 Å². The highest BCUT2D eigenvalue weighted by Gasteiger charge is 2.63. The van der Waals surface area contributed by atoms with Crippen molar-refractivity contribution in [1.82, 2.24) is 0 Å². The summed E-state index contributed by atoms with van der Waals surface area (Å²) in [7, 11) is 0. The van der Waals surface area contributed by atoms with Crippen molar-refractivity contribution in [2.75, 3.05) is 6.61 Å². The van der Waals surface area contributed by atoms with Crippen molar-refractivity contribution in [3.05, 3.63) is 12.7 Å². The number of hydrogen-bond donors (Lipinski definition) is 2. The van der Waals surface area contributed by atoms with Gasteiger partial charge in [0.25, 0.3) is 0 Å². The van der Waals surface area contributed by atoms with Crippen LogP contribution < -0.4 is 0 Å². The zero-order valence-electron chi connectivity index (χ0n) is 18.2. The third-order valence-corrected chi connectivity index (χ3v) is 7.85. The van der Waals surface area contributed by atoms with Crippen LogP contribution in [0.25, 0.3) is 0 Å². The monoisotopic (exact) mass is 394 g/mol. The van der Waals surface area contributed by atoms with E-state index < -0.39 is 35.6 Å². The SMILES string of the molecule is C=C[C@]1(C)C[C@@H](OC(=O)CO)C(C)(C)[C@@H]2C(=O)CC[C@@]2(CCCC)[C@@H](C)[C@@H]1O. The number of ether oxygens (including phenoxy) is 1. The Labute approximate surface area is 169 Å². The van der Waals surface area contributed by atoms with E-state index in [1.54, 1.807) is 6.08 Å². The minimum Gasteiger partial charge on any atom is -0.460 e. The third kappa shape index (κ3) is 3.68. The quantitative estimate of drug-likeness (QED) is 0.530. The standard InChI is InChI=1S/C23H38O5/c1-7-9-11-23-12-10-16(25)19(23)21(4,5)17(28-18(26)14-24)13-22(6,8-2)20(27)15(23)3/h8,15,17,19-20,24,27H,2,7,9-14H2,1,3-6H3/t15-,17+,19-,20-,22+,23-/m0/s1. The molecule has 5 heteroatoms. The van der Waals surface area contributed by atoms with E-state index in [4.69, 9.17) is 4.74 Å². The largest absolute Gasteiger partial charge is 0.460 e. The molecule has 0 heterocycles. The van der Waals surface area contributed by atoms with Crippen LogP contribution in [-0.2, 0) is 14.3 Å². The number of aliphatic hydroxyl groups is 2. The van der Waals surface area contributed by atoms with Gasteiger partial charge in [-0.15, -0.1) is 6.58 Å². The lowest BCUT2D eigenvalue weighted by Gasteiger charge is -2.56. The third-order valence-electron chi connectivity index (χ3n) is 7.85. The predicted molar refractivity (Wildman–Crippen MR) is 109 cm³/mol. The fourth-order valence-electron chi connectivity index (χ4n) is 6.06. The van der Waals surface area contributed by atoms with E-state index in [0.29, 0.717) is 12.8 Å². The molecule has 2 saturated carbocycles. The lowest BCUT2D eigenvalue weighted by molar-refractivity contribution is -0.184. The van der Waals surface area contributed by atoms with Crippen molar-refractivity contribution in [3.63, 3.8) is 0 Å². The molecule has 0 aromatic rings. The van der Waals surface area contributed by atoms with Crippen molar-refractivity contribution in [2.24, 2.45) is 28.1 Å². The Morgan fingerprint density at radius 3 is 2.54 bits per heavy atom. The van der Waals surface area contributed by atoms with Crippen molar-refractivity contribution < 1.29 is 24.5 Å². The van der Waals surface area contributed by atoms with E-state index >= 15 is 0 Å². The number of fused-ring (bicyclic) bond motifs is 1.